The summed E-state index contributed by atoms with van der Waals surface area (Å²) in [5.74, 6) is 0.142. The Balaban J connectivity index is 1.79. The van der Waals surface area contributed by atoms with Crippen molar-refractivity contribution in [1.29, 1.82) is 0 Å². The van der Waals surface area contributed by atoms with Gasteiger partial charge in [-0.15, -0.1) is 0 Å². The Morgan fingerprint density at radius 3 is 2.90 bits per heavy atom. The first-order valence-electron chi connectivity index (χ1n) is 7.72. The molecule has 0 amide bonds. The number of nitrogens with zero attached hydrogens (tertiary/aromatic N) is 1. The van der Waals surface area contributed by atoms with Crippen LogP contribution in [0.1, 0.15) is 37.3 Å². The minimum Gasteiger partial charge on any atom is -0.381 e. The van der Waals surface area contributed by atoms with E-state index in [4.69, 9.17) is 9.47 Å². The van der Waals surface area contributed by atoms with Crippen LogP contribution in [0.4, 0.5) is 4.39 Å². The van der Waals surface area contributed by atoms with Crippen LogP contribution in [-0.2, 0) is 9.47 Å². The molecule has 0 saturated carbocycles. The van der Waals surface area contributed by atoms with Crippen LogP contribution in [-0.4, -0.2) is 37.5 Å². The van der Waals surface area contributed by atoms with Crippen LogP contribution in [0, 0.1) is 11.7 Å². The van der Waals surface area contributed by atoms with E-state index in [2.05, 4.69) is 10.3 Å². The summed E-state index contributed by atoms with van der Waals surface area (Å²) in [6.45, 7) is 2.27. The minimum absolute atomic E-state index is 0.0108. The molecule has 1 N–H and O–H groups in total. The van der Waals surface area contributed by atoms with Crippen LogP contribution < -0.4 is 5.32 Å². The lowest BCUT2D eigenvalue weighted by Crippen LogP contribution is -2.46. The second kappa shape index (κ2) is 6.38. The molecular formula is C16H23FN2O2. The van der Waals surface area contributed by atoms with E-state index in [-0.39, 0.29) is 17.5 Å². The highest BCUT2D eigenvalue weighted by Gasteiger charge is 2.41. The third kappa shape index (κ3) is 3.10. The van der Waals surface area contributed by atoms with Gasteiger partial charge < -0.3 is 14.8 Å². The van der Waals surface area contributed by atoms with Gasteiger partial charge in [-0.3, -0.25) is 4.98 Å². The predicted molar refractivity (Wildman–Crippen MR) is 77.5 cm³/mol. The van der Waals surface area contributed by atoms with Crippen LogP contribution >= 0.6 is 0 Å². The minimum atomic E-state index is -0.232. The molecule has 1 aromatic rings. The van der Waals surface area contributed by atoms with E-state index in [0.717, 1.165) is 45.5 Å². The van der Waals surface area contributed by atoms with Gasteiger partial charge in [-0.25, -0.2) is 4.39 Å². The number of hydrogen-bond acceptors (Lipinski definition) is 4. The zero-order chi connectivity index (χ0) is 14.7. The number of ether oxygens (including phenoxy) is 2. The zero-order valence-corrected chi connectivity index (χ0v) is 12.5. The molecule has 4 nitrogen and oxygen atoms in total. The number of pyridine rings is 1. The molecule has 2 saturated heterocycles. The van der Waals surface area contributed by atoms with Crippen molar-refractivity contribution in [2.45, 2.75) is 37.3 Å². The van der Waals surface area contributed by atoms with Gasteiger partial charge in [0.2, 0.25) is 0 Å². The van der Waals surface area contributed by atoms with E-state index >= 15 is 0 Å². The zero-order valence-electron chi connectivity index (χ0n) is 12.5. The molecular weight excluding hydrogens is 271 g/mol. The largest absolute Gasteiger partial charge is 0.381 e. The first-order valence-corrected chi connectivity index (χ1v) is 7.72. The molecule has 2 aliphatic rings. The van der Waals surface area contributed by atoms with Crippen LogP contribution in [0.25, 0.3) is 0 Å². The Morgan fingerprint density at radius 1 is 1.38 bits per heavy atom. The van der Waals surface area contributed by atoms with Crippen LogP contribution in [0.2, 0.25) is 0 Å². The molecule has 2 aliphatic heterocycles. The van der Waals surface area contributed by atoms with Gasteiger partial charge in [-0.1, -0.05) is 0 Å². The van der Waals surface area contributed by atoms with Gasteiger partial charge in [0, 0.05) is 37.6 Å². The Morgan fingerprint density at radius 2 is 2.19 bits per heavy atom. The molecule has 3 rings (SSSR count). The summed E-state index contributed by atoms with van der Waals surface area (Å²) in [4.78, 5) is 3.85. The highest BCUT2D eigenvalue weighted by Crippen LogP contribution is 2.42. The van der Waals surface area contributed by atoms with Crippen LogP contribution in [0.15, 0.2) is 18.5 Å². The van der Waals surface area contributed by atoms with E-state index in [1.165, 1.54) is 6.20 Å². The lowest BCUT2D eigenvalue weighted by atomic mass is 9.76. The van der Waals surface area contributed by atoms with Gasteiger partial charge in [0.05, 0.1) is 11.8 Å². The SMILES string of the molecule is CNC(c1ccncc1F)C1CCOC2(CCOCC2)C1. The number of rotatable bonds is 3. The van der Waals surface area contributed by atoms with Gasteiger partial charge in [0.15, 0.2) is 0 Å². The van der Waals surface area contributed by atoms with Crippen molar-refractivity contribution in [1.82, 2.24) is 10.3 Å². The maximum atomic E-state index is 14.1. The van der Waals surface area contributed by atoms with Crippen LogP contribution in [0.5, 0.6) is 0 Å². The van der Waals surface area contributed by atoms with Crippen molar-refractivity contribution in [2.24, 2.45) is 5.92 Å². The molecule has 1 aromatic heterocycles. The van der Waals surface area contributed by atoms with Crippen molar-refractivity contribution in [3.8, 4) is 0 Å². The molecule has 0 aliphatic carbocycles. The fraction of sp³-hybridized carbons (Fsp3) is 0.688. The Kier molecular flexibility index (Phi) is 4.52. The second-order valence-corrected chi connectivity index (χ2v) is 6.06. The van der Waals surface area contributed by atoms with Gasteiger partial charge in [0.1, 0.15) is 5.82 Å². The molecule has 0 aromatic carbocycles. The van der Waals surface area contributed by atoms with Crippen molar-refractivity contribution in [3.05, 3.63) is 29.8 Å². The predicted octanol–water partition coefficient (Wildman–Crippen LogP) is 2.46. The van der Waals surface area contributed by atoms with Crippen molar-refractivity contribution < 1.29 is 13.9 Å². The fourth-order valence-electron chi connectivity index (χ4n) is 3.73. The average molecular weight is 294 g/mol. The maximum Gasteiger partial charge on any atom is 0.146 e. The topological polar surface area (TPSA) is 43.4 Å². The third-order valence-corrected chi connectivity index (χ3v) is 4.86. The van der Waals surface area contributed by atoms with Gasteiger partial charge in [-0.05, 0) is 44.7 Å². The maximum absolute atomic E-state index is 14.1. The Bertz CT molecular complexity index is 472. The quantitative estimate of drug-likeness (QED) is 0.930. The van der Waals surface area contributed by atoms with Crippen LogP contribution in [0.3, 0.4) is 0 Å². The molecule has 5 heteroatoms. The molecule has 2 fully saturated rings. The monoisotopic (exact) mass is 294 g/mol. The number of hydrogen-bond donors (Lipinski definition) is 1. The van der Waals surface area contributed by atoms with Gasteiger partial charge in [-0.2, -0.15) is 0 Å². The van der Waals surface area contributed by atoms with E-state index in [1.54, 1.807) is 12.3 Å². The molecule has 116 valence electrons. The Hall–Kier alpha value is -1.04. The Labute approximate surface area is 125 Å². The average Bonchev–Trinajstić information content (AvgIpc) is 2.51. The molecule has 0 radical (unpaired) electrons. The number of nitrogens with one attached hydrogen (secondary N) is 1. The molecule has 1 spiro atoms. The third-order valence-electron chi connectivity index (χ3n) is 4.86. The summed E-state index contributed by atoms with van der Waals surface area (Å²) in [6, 6.07) is 1.79. The summed E-state index contributed by atoms with van der Waals surface area (Å²) in [6.07, 6.45) is 6.76. The summed E-state index contributed by atoms with van der Waals surface area (Å²) < 4.78 is 25.6. The van der Waals surface area contributed by atoms with Crippen molar-refractivity contribution in [3.63, 3.8) is 0 Å². The number of halogens is 1. The lowest BCUT2D eigenvalue weighted by Gasteiger charge is -2.45. The highest BCUT2D eigenvalue weighted by molar-refractivity contribution is 5.19. The molecule has 21 heavy (non-hydrogen) atoms. The summed E-state index contributed by atoms with van der Waals surface area (Å²) in [7, 11) is 1.90. The van der Waals surface area contributed by atoms with E-state index < -0.39 is 0 Å². The molecule has 3 heterocycles. The summed E-state index contributed by atoms with van der Waals surface area (Å²) in [5, 5.41) is 3.30. The summed E-state index contributed by atoms with van der Waals surface area (Å²) in [5.41, 5.74) is 0.640. The molecule has 2 unspecified atom stereocenters. The first kappa shape index (κ1) is 14.9. The van der Waals surface area contributed by atoms with E-state index in [9.17, 15) is 4.39 Å². The van der Waals surface area contributed by atoms with Gasteiger partial charge in [0.25, 0.3) is 0 Å². The first-order chi connectivity index (χ1) is 10.2. The van der Waals surface area contributed by atoms with Gasteiger partial charge >= 0.3 is 0 Å². The molecule has 2 atom stereocenters. The van der Waals surface area contributed by atoms with E-state index in [1.807, 2.05) is 7.05 Å². The normalized spacial score (nSPS) is 26.7. The standard InChI is InChI=1S/C16H23FN2O2/c1-18-15(13-2-6-19-11-14(13)17)12-3-7-21-16(10-12)4-8-20-9-5-16/h2,6,11-12,15,18H,3-5,7-10H2,1H3. The second-order valence-electron chi connectivity index (χ2n) is 6.06. The van der Waals surface area contributed by atoms with Crippen molar-refractivity contribution in [2.75, 3.05) is 26.9 Å². The number of aromatic nitrogens is 1. The van der Waals surface area contributed by atoms with E-state index in [0.29, 0.717) is 11.5 Å². The lowest BCUT2D eigenvalue weighted by molar-refractivity contribution is -0.150. The molecule has 0 bridgehead atoms. The smallest absolute Gasteiger partial charge is 0.146 e. The fourth-order valence-corrected chi connectivity index (χ4v) is 3.73. The summed E-state index contributed by atoms with van der Waals surface area (Å²) >= 11 is 0. The highest BCUT2D eigenvalue weighted by atomic mass is 19.1. The van der Waals surface area contributed by atoms with Crippen molar-refractivity contribution >= 4 is 0 Å².